The number of hydrogen-bond donors (Lipinski definition) is 0. The van der Waals surface area contributed by atoms with Crippen LogP contribution in [0, 0.1) is 21.4 Å². The van der Waals surface area contributed by atoms with E-state index in [4.69, 9.17) is 5.26 Å². The van der Waals surface area contributed by atoms with Gasteiger partial charge in [0.2, 0.25) is 5.65 Å². The Morgan fingerprint density at radius 2 is 2.47 bits per heavy atom. The SMILES string of the molecule is N#CCc1cn2cccc([N+](=O)[O-])c2n1. The number of hydrogen-bond acceptors (Lipinski definition) is 4. The third kappa shape index (κ3) is 1.50. The predicted molar refractivity (Wildman–Crippen MR) is 51.2 cm³/mol. The van der Waals surface area contributed by atoms with Crippen molar-refractivity contribution in [3.8, 4) is 6.07 Å². The molecule has 0 atom stereocenters. The molecule has 0 spiro atoms. The highest BCUT2D eigenvalue weighted by atomic mass is 16.6. The van der Waals surface area contributed by atoms with Crippen molar-refractivity contribution in [1.82, 2.24) is 9.38 Å². The van der Waals surface area contributed by atoms with Crippen molar-refractivity contribution in [3.05, 3.63) is 40.3 Å². The smallest absolute Gasteiger partial charge is 0.301 e. The van der Waals surface area contributed by atoms with Crippen LogP contribution < -0.4 is 0 Å². The van der Waals surface area contributed by atoms with E-state index in [2.05, 4.69) is 4.98 Å². The number of fused-ring (bicyclic) bond motifs is 1. The summed E-state index contributed by atoms with van der Waals surface area (Å²) >= 11 is 0. The van der Waals surface area contributed by atoms with Crippen molar-refractivity contribution in [2.24, 2.45) is 0 Å². The first-order valence-electron chi connectivity index (χ1n) is 4.20. The molecule has 74 valence electrons. The number of rotatable bonds is 2. The fraction of sp³-hybridized carbons (Fsp3) is 0.111. The Bertz CT molecular complexity index is 567. The molecule has 0 aromatic carbocycles. The molecule has 0 aliphatic carbocycles. The Labute approximate surface area is 84.5 Å². The topological polar surface area (TPSA) is 84.2 Å². The van der Waals surface area contributed by atoms with E-state index in [1.807, 2.05) is 6.07 Å². The number of nitro groups is 1. The summed E-state index contributed by atoms with van der Waals surface area (Å²) < 4.78 is 1.55. The Balaban J connectivity index is 2.65. The van der Waals surface area contributed by atoms with Crippen molar-refractivity contribution in [1.29, 1.82) is 5.26 Å². The van der Waals surface area contributed by atoms with Crippen molar-refractivity contribution in [2.75, 3.05) is 0 Å². The first kappa shape index (κ1) is 9.15. The molecule has 2 rings (SSSR count). The van der Waals surface area contributed by atoms with Gasteiger partial charge in [-0.25, -0.2) is 4.98 Å². The summed E-state index contributed by atoms with van der Waals surface area (Å²) in [5.74, 6) is 0. The maximum Gasteiger partial charge on any atom is 0.312 e. The largest absolute Gasteiger partial charge is 0.312 e. The first-order chi connectivity index (χ1) is 7.22. The van der Waals surface area contributed by atoms with Crippen molar-refractivity contribution in [3.63, 3.8) is 0 Å². The average molecular weight is 202 g/mol. The highest BCUT2D eigenvalue weighted by Crippen LogP contribution is 2.18. The fourth-order valence-electron chi connectivity index (χ4n) is 1.36. The van der Waals surface area contributed by atoms with Crippen molar-refractivity contribution >= 4 is 11.3 Å². The monoisotopic (exact) mass is 202 g/mol. The molecule has 0 bridgehead atoms. The first-order valence-corrected chi connectivity index (χ1v) is 4.20. The molecule has 2 heterocycles. The minimum atomic E-state index is -0.488. The highest BCUT2D eigenvalue weighted by Gasteiger charge is 2.14. The zero-order chi connectivity index (χ0) is 10.8. The number of aromatic nitrogens is 2. The van der Waals surface area contributed by atoms with Gasteiger partial charge in [-0.1, -0.05) is 0 Å². The second-order valence-corrected chi connectivity index (χ2v) is 2.95. The molecule has 2 aromatic rings. The van der Waals surface area contributed by atoms with Crippen LogP contribution >= 0.6 is 0 Å². The highest BCUT2D eigenvalue weighted by molar-refractivity contribution is 5.59. The van der Waals surface area contributed by atoms with Crippen LogP contribution in [0.25, 0.3) is 5.65 Å². The molecule has 0 radical (unpaired) electrons. The van der Waals surface area contributed by atoms with E-state index in [1.54, 1.807) is 22.9 Å². The molecule has 0 saturated heterocycles. The van der Waals surface area contributed by atoms with Gasteiger partial charge in [0, 0.05) is 18.5 Å². The van der Waals surface area contributed by atoms with E-state index in [-0.39, 0.29) is 17.8 Å². The zero-order valence-electron chi connectivity index (χ0n) is 7.62. The molecule has 15 heavy (non-hydrogen) atoms. The zero-order valence-corrected chi connectivity index (χ0v) is 7.62. The number of nitriles is 1. The lowest BCUT2D eigenvalue weighted by atomic mass is 10.4. The lowest BCUT2D eigenvalue weighted by Crippen LogP contribution is -1.92. The molecule has 2 aromatic heterocycles. The molecule has 0 unspecified atom stereocenters. The van der Waals surface area contributed by atoms with E-state index in [9.17, 15) is 10.1 Å². The van der Waals surface area contributed by atoms with Crippen LogP contribution in [-0.4, -0.2) is 14.3 Å². The van der Waals surface area contributed by atoms with Gasteiger partial charge in [0.15, 0.2) is 0 Å². The molecule has 0 amide bonds. The second kappa shape index (κ2) is 3.38. The van der Waals surface area contributed by atoms with Crippen LogP contribution in [0.4, 0.5) is 5.69 Å². The standard InChI is InChI=1S/C9H6N4O2/c10-4-3-7-6-12-5-1-2-8(13(14)15)9(12)11-7/h1-2,5-6H,3H2. The fourth-order valence-corrected chi connectivity index (χ4v) is 1.36. The van der Waals surface area contributed by atoms with Crippen molar-refractivity contribution < 1.29 is 4.92 Å². The molecule has 6 nitrogen and oxygen atoms in total. The van der Waals surface area contributed by atoms with Gasteiger partial charge in [-0.2, -0.15) is 5.26 Å². The van der Waals surface area contributed by atoms with Gasteiger partial charge in [-0.05, 0) is 6.07 Å². The van der Waals surface area contributed by atoms with E-state index < -0.39 is 4.92 Å². The summed E-state index contributed by atoms with van der Waals surface area (Å²) in [6.45, 7) is 0. The third-order valence-electron chi connectivity index (χ3n) is 1.97. The summed E-state index contributed by atoms with van der Waals surface area (Å²) in [6, 6.07) is 4.91. The van der Waals surface area contributed by atoms with Gasteiger partial charge in [0.1, 0.15) is 0 Å². The number of nitrogens with zero attached hydrogens (tertiary/aromatic N) is 4. The lowest BCUT2D eigenvalue weighted by molar-refractivity contribution is -0.383. The van der Waals surface area contributed by atoms with Gasteiger partial charge in [0.05, 0.1) is 23.1 Å². The Morgan fingerprint density at radius 1 is 1.67 bits per heavy atom. The van der Waals surface area contributed by atoms with Gasteiger partial charge in [-0.15, -0.1) is 0 Å². The summed E-state index contributed by atoms with van der Waals surface area (Å²) in [5.41, 5.74) is 0.751. The molecule has 0 saturated carbocycles. The van der Waals surface area contributed by atoms with Crippen LogP contribution in [-0.2, 0) is 6.42 Å². The van der Waals surface area contributed by atoms with Gasteiger partial charge in [0.25, 0.3) is 0 Å². The van der Waals surface area contributed by atoms with E-state index in [0.29, 0.717) is 5.69 Å². The molecular formula is C9H6N4O2. The summed E-state index contributed by atoms with van der Waals surface area (Å²) in [4.78, 5) is 14.2. The molecule has 0 N–H and O–H groups in total. The van der Waals surface area contributed by atoms with Gasteiger partial charge >= 0.3 is 5.69 Å². The van der Waals surface area contributed by atoms with E-state index in [0.717, 1.165) is 0 Å². The van der Waals surface area contributed by atoms with Gasteiger partial charge < -0.3 is 4.40 Å². The predicted octanol–water partition coefficient (Wildman–Crippen LogP) is 1.31. The minimum absolute atomic E-state index is 0.0540. The van der Waals surface area contributed by atoms with Gasteiger partial charge in [-0.3, -0.25) is 10.1 Å². The Hall–Kier alpha value is -2.42. The quantitative estimate of drug-likeness (QED) is 0.542. The Morgan fingerprint density at radius 3 is 3.13 bits per heavy atom. The second-order valence-electron chi connectivity index (χ2n) is 2.95. The minimum Gasteiger partial charge on any atom is -0.301 e. The molecular weight excluding hydrogens is 196 g/mol. The maximum absolute atomic E-state index is 10.7. The summed E-state index contributed by atoms with van der Waals surface area (Å²) in [7, 11) is 0. The van der Waals surface area contributed by atoms with Crippen molar-refractivity contribution in [2.45, 2.75) is 6.42 Å². The number of imidazole rings is 1. The molecule has 0 fully saturated rings. The van der Waals surface area contributed by atoms with Crippen LogP contribution in [0.5, 0.6) is 0 Å². The maximum atomic E-state index is 10.7. The summed E-state index contributed by atoms with van der Waals surface area (Å²) in [6.07, 6.45) is 3.43. The normalized spacial score (nSPS) is 10.1. The molecule has 6 heteroatoms. The molecule has 0 aliphatic heterocycles. The van der Waals surface area contributed by atoms with Crippen LogP contribution in [0.3, 0.4) is 0 Å². The third-order valence-corrected chi connectivity index (χ3v) is 1.97. The molecule has 0 aliphatic rings. The average Bonchev–Trinajstić information content (AvgIpc) is 2.59. The summed E-state index contributed by atoms with van der Waals surface area (Å²) in [5, 5.41) is 19.2. The van der Waals surface area contributed by atoms with Crippen LogP contribution in [0.1, 0.15) is 5.69 Å². The van der Waals surface area contributed by atoms with E-state index in [1.165, 1.54) is 6.07 Å². The Kier molecular flexibility index (Phi) is 2.06. The number of pyridine rings is 1. The van der Waals surface area contributed by atoms with E-state index >= 15 is 0 Å². The van der Waals surface area contributed by atoms with Crippen LogP contribution in [0.15, 0.2) is 24.5 Å². The van der Waals surface area contributed by atoms with Crippen LogP contribution in [0.2, 0.25) is 0 Å². The lowest BCUT2D eigenvalue weighted by Gasteiger charge is -1.92.